The van der Waals surface area contributed by atoms with Gasteiger partial charge in [0.2, 0.25) is 0 Å². The molecule has 0 unspecified atom stereocenters. The average Bonchev–Trinajstić information content (AvgIpc) is 3.18. The number of aryl methyl sites for hydroxylation is 1. The predicted molar refractivity (Wildman–Crippen MR) is 112 cm³/mol. The van der Waals surface area contributed by atoms with Gasteiger partial charge in [-0.3, -0.25) is 0 Å². The molecule has 0 saturated heterocycles. The number of quaternary nitrogens is 1. The summed E-state index contributed by atoms with van der Waals surface area (Å²) in [4.78, 5) is 17.0. The van der Waals surface area contributed by atoms with Crippen molar-refractivity contribution in [3.05, 3.63) is 23.1 Å². The Morgan fingerprint density at radius 2 is 2.00 bits per heavy atom. The van der Waals surface area contributed by atoms with E-state index >= 15 is 0 Å². The largest absolute Gasteiger partial charge is 0.339 e. The van der Waals surface area contributed by atoms with Gasteiger partial charge in [-0.05, 0) is 42.7 Å². The van der Waals surface area contributed by atoms with Crippen molar-refractivity contribution < 1.29 is 4.90 Å². The number of hydrogen-bond donors (Lipinski definition) is 1. The van der Waals surface area contributed by atoms with Gasteiger partial charge in [0.15, 0.2) is 0 Å². The molecule has 3 aromatic heterocycles. The first-order chi connectivity index (χ1) is 12.5. The first-order valence-electron chi connectivity index (χ1n) is 9.54. The summed E-state index contributed by atoms with van der Waals surface area (Å²) < 4.78 is 1.23. The van der Waals surface area contributed by atoms with Gasteiger partial charge in [-0.1, -0.05) is 25.6 Å². The van der Waals surface area contributed by atoms with Gasteiger partial charge in [-0.25, -0.2) is 15.0 Å². The molecule has 0 fully saturated rings. The Morgan fingerprint density at radius 1 is 1.19 bits per heavy atom. The maximum Gasteiger partial charge on any atom is 0.126 e. The van der Waals surface area contributed by atoms with E-state index in [9.17, 15) is 0 Å². The molecule has 3 aromatic rings. The third-order valence-corrected chi connectivity index (χ3v) is 7.17. The molecule has 0 aliphatic heterocycles. The zero-order valence-electron chi connectivity index (χ0n) is 16.1. The van der Waals surface area contributed by atoms with Crippen LogP contribution >= 0.6 is 23.1 Å². The number of nitrogens with zero attached hydrogens (tertiary/aromatic N) is 3. The molecule has 3 heterocycles. The van der Waals surface area contributed by atoms with E-state index in [1.165, 1.54) is 51.1 Å². The zero-order chi connectivity index (χ0) is 18.3. The summed E-state index contributed by atoms with van der Waals surface area (Å²) in [7, 11) is 4.39. The highest BCUT2D eigenvalue weighted by Crippen LogP contribution is 2.42. The Morgan fingerprint density at radius 3 is 2.77 bits per heavy atom. The van der Waals surface area contributed by atoms with Crippen molar-refractivity contribution in [3.63, 3.8) is 0 Å². The van der Waals surface area contributed by atoms with E-state index in [2.05, 4.69) is 37.9 Å². The second-order valence-corrected chi connectivity index (χ2v) is 9.99. The van der Waals surface area contributed by atoms with Crippen molar-refractivity contribution in [1.29, 1.82) is 0 Å². The van der Waals surface area contributed by atoms with Gasteiger partial charge < -0.3 is 4.90 Å². The van der Waals surface area contributed by atoms with Gasteiger partial charge in [0.05, 0.1) is 30.9 Å². The van der Waals surface area contributed by atoms with Gasteiger partial charge in [0.25, 0.3) is 0 Å². The Bertz CT molecular complexity index is 946. The quantitative estimate of drug-likeness (QED) is 0.521. The highest BCUT2D eigenvalue weighted by Gasteiger charge is 2.24. The lowest BCUT2D eigenvalue weighted by Gasteiger charge is -2.11. The van der Waals surface area contributed by atoms with E-state index in [0.29, 0.717) is 5.92 Å². The lowest BCUT2D eigenvalue weighted by molar-refractivity contribution is -0.855. The van der Waals surface area contributed by atoms with E-state index in [0.717, 1.165) is 34.1 Å². The van der Waals surface area contributed by atoms with Gasteiger partial charge in [-0.2, -0.15) is 0 Å². The Hall–Kier alpha value is -1.24. The molecule has 0 radical (unpaired) electrons. The number of pyridine rings is 1. The molecule has 1 aliphatic rings. The molecule has 0 amide bonds. The van der Waals surface area contributed by atoms with Crippen LogP contribution in [0.4, 0.5) is 0 Å². The van der Waals surface area contributed by atoms with Crippen LogP contribution in [-0.4, -0.2) is 41.3 Å². The van der Waals surface area contributed by atoms with E-state index < -0.39 is 0 Å². The monoisotopic (exact) mass is 387 g/mol. The lowest BCUT2D eigenvalue weighted by atomic mass is 9.99. The first-order valence-corrected chi connectivity index (χ1v) is 11.3. The third kappa shape index (κ3) is 3.35. The van der Waals surface area contributed by atoms with Crippen LogP contribution < -0.4 is 4.90 Å². The normalized spacial score (nSPS) is 14.2. The fourth-order valence-corrected chi connectivity index (χ4v) is 6.18. The van der Waals surface area contributed by atoms with Gasteiger partial charge >= 0.3 is 0 Å². The van der Waals surface area contributed by atoms with Crippen molar-refractivity contribution >= 4 is 43.5 Å². The predicted octanol–water partition coefficient (Wildman–Crippen LogP) is 3.16. The molecule has 0 atom stereocenters. The summed E-state index contributed by atoms with van der Waals surface area (Å²) in [5.74, 6) is 1.71. The topological polar surface area (TPSA) is 43.1 Å². The second kappa shape index (κ2) is 7.41. The van der Waals surface area contributed by atoms with Crippen molar-refractivity contribution in [3.8, 4) is 0 Å². The maximum absolute atomic E-state index is 5.11. The summed E-state index contributed by atoms with van der Waals surface area (Å²) in [5.41, 5.74) is 5.48. The number of hydrogen-bond acceptors (Lipinski definition) is 5. The minimum atomic E-state index is 0.637. The molecule has 138 valence electrons. The highest BCUT2D eigenvalue weighted by atomic mass is 32.2. The Balaban J connectivity index is 1.83. The Kier molecular flexibility index (Phi) is 5.17. The molecule has 6 heteroatoms. The van der Waals surface area contributed by atoms with Crippen LogP contribution in [0.1, 0.15) is 37.1 Å². The molecule has 26 heavy (non-hydrogen) atoms. The summed E-state index contributed by atoms with van der Waals surface area (Å²) in [6.45, 7) is 5.70. The highest BCUT2D eigenvalue weighted by molar-refractivity contribution is 7.99. The van der Waals surface area contributed by atoms with Crippen LogP contribution in [0, 0.1) is 5.92 Å². The van der Waals surface area contributed by atoms with E-state index in [1.807, 2.05) is 11.8 Å². The second-order valence-electron chi connectivity index (χ2n) is 7.91. The van der Waals surface area contributed by atoms with Crippen molar-refractivity contribution in [2.45, 2.75) is 44.6 Å². The molecular formula is C20H27N4S2+. The molecule has 1 aliphatic carbocycles. The molecule has 4 nitrogen and oxygen atoms in total. The standard InChI is InChI=1S/C20H26N4S2/c1-12(2)10-15-13-6-5-7-14(13)16-17-18(26-19(16)23-15)20(22-11-21-17)25-9-8-24(3)4/h11-12H,5-10H2,1-4H3/p+1. The van der Waals surface area contributed by atoms with Crippen LogP contribution in [0.25, 0.3) is 20.4 Å². The number of thiophene rings is 1. The number of rotatable bonds is 6. The number of aromatic nitrogens is 3. The van der Waals surface area contributed by atoms with Crippen molar-refractivity contribution in [2.75, 3.05) is 26.4 Å². The maximum atomic E-state index is 5.11. The molecule has 0 aromatic carbocycles. The van der Waals surface area contributed by atoms with Crippen LogP contribution in [-0.2, 0) is 19.3 Å². The molecule has 0 bridgehead atoms. The van der Waals surface area contributed by atoms with E-state index in [4.69, 9.17) is 4.98 Å². The van der Waals surface area contributed by atoms with Crippen LogP contribution in [0.2, 0.25) is 0 Å². The fourth-order valence-electron chi connectivity index (χ4n) is 3.77. The third-order valence-electron chi connectivity index (χ3n) is 4.97. The number of thioether (sulfide) groups is 1. The van der Waals surface area contributed by atoms with Crippen molar-refractivity contribution in [1.82, 2.24) is 15.0 Å². The van der Waals surface area contributed by atoms with Gasteiger partial charge in [0, 0.05) is 16.8 Å². The van der Waals surface area contributed by atoms with Crippen LogP contribution in [0.3, 0.4) is 0 Å². The summed E-state index contributed by atoms with van der Waals surface area (Å²) >= 11 is 3.64. The fraction of sp³-hybridized carbons (Fsp3) is 0.550. The summed E-state index contributed by atoms with van der Waals surface area (Å²) in [6, 6.07) is 0. The minimum absolute atomic E-state index is 0.637. The molecule has 4 rings (SSSR count). The smallest absolute Gasteiger partial charge is 0.126 e. The van der Waals surface area contributed by atoms with Crippen LogP contribution in [0.15, 0.2) is 11.4 Å². The van der Waals surface area contributed by atoms with Gasteiger partial charge in [0.1, 0.15) is 16.2 Å². The van der Waals surface area contributed by atoms with Gasteiger partial charge in [-0.15, -0.1) is 11.3 Å². The minimum Gasteiger partial charge on any atom is -0.339 e. The molecule has 0 saturated carbocycles. The summed E-state index contributed by atoms with van der Waals surface area (Å²) in [6.07, 6.45) is 6.41. The SMILES string of the molecule is CC(C)Cc1nc2sc3c(SCC[NH+](C)C)ncnc3c2c2c1CCC2. The first kappa shape index (κ1) is 18.1. The number of nitrogens with one attached hydrogen (secondary N) is 1. The molecule has 0 spiro atoms. The average molecular weight is 388 g/mol. The number of fused-ring (bicyclic) bond motifs is 5. The lowest BCUT2D eigenvalue weighted by Crippen LogP contribution is -3.06. The Labute approximate surface area is 163 Å². The summed E-state index contributed by atoms with van der Waals surface area (Å²) in [5, 5.41) is 2.43. The van der Waals surface area contributed by atoms with Crippen LogP contribution in [0.5, 0.6) is 0 Å². The zero-order valence-corrected chi connectivity index (χ0v) is 17.7. The van der Waals surface area contributed by atoms with Crippen molar-refractivity contribution in [2.24, 2.45) is 5.92 Å². The molecule has 1 N–H and O–H groups in total. The van der Waals surface area contributed by atoms with E-state index in [-0.39, 0.29) is 0 Å². The molecular weight excluding hydrogens is 360 g/mol. The van der Waals surface area contributed by atoms with E-state index in [1.54, 1.807) is 17.7 Å².